The van der Waals surface area contributed by atoms with E-state index >= 15 is 0 Å². The molecule has 0 spiro atoms. The zero-order chi connectivity index (χ0) is 19.2. The van der Waals surface area contributed by atoms with E-state index < -0.39 is 10.0 Å². The van der Waals surface area contributed by atoms with Crippen molar-refractivity contribution < 1.29 is 13.2 Å². The van der Waals surface area contributed by atoms with E-state index in [2.05, 4.69) is 19.2 Å². The molecule has 0 unspecified atom stereocenters. The van der Waals surface area contributed by atoms with Crippen molar-refractivity contribution in [1.29, 1.82) is 0 Å². The van der Waals surface area contributed by atoms with Gasteiger partial charge in [0.05, 0.1) is 18.5 Å². The third-order valence-corrected chi connectivity index (χ3v) is 5.13. The second kappa shape index (κ2) is 8.85. The number of hydrogen-bond acceptors (Lipinski definition) is 3. The van der Waals surface area contributed by atoms with Gasteiger partial charge in [-0.2, -0.15) is 0 Å². The van der Waals surface area contributed by atoms with E-state index in [0.29, 0.717) is 23.7 Å². The molecule has 5 nitrogen and oxygen atoms in total. The molecule has 2 rings (SSSR count). The number of nitrogens with zero attached hydrogens (tertiary/aromatic N) is 1. The maximum Gasteiger partial charge on any atom is 0.251 e. The Morgan fingerprint density at radius 1 is 1.04 bits per heavy atom. The van der Waals surface area contributed by atoms with Crippen molar-refractivity contribution in [3.8, 4) is 0 Å². The van der Waals surface area contributed by atoms with E-state index in [1.165, 1.54) is 10.6 Å². The highest BCUT2D eigenvalue weighted by molar-refractivity contribution is 7.92. The summed E-state index contributed by atoms with van der Waals surface area (Å²) in [7, 11) is -3.41. The Labute approximate surface area is 156 Å². The first-order chi connectivity index (χ1) is 12.3. The summed E-state index contributed by atoms with van der Waals surface area (Å²) in [6.07, 6.45) is 2.13. The third kappa shape index (κ3) is 5.88. The van der Waals surface area contributed by atoms with Gasteiger partial charge in [0, 0.05) is 12.1 Å². The number of rotatable bonds is 8. The molecule has 1 amide bonds. The number of para-hydroxylation sites is 1. The molecule has 0 heterocycles. The van der Waals surface area contributed by atoms with Crippen LogP contribution in [0.4, 0.5) is 5.69 Å². The van der Waals surface area contributed by atoms with Gasteiger partial charge in [-0.15, -0.1) is 0 Å². The van der Waals surface area contributed by atoms with E-state index in [1.54, 1.807) is 48.5 Å². The normalized spacial score (nSPS) is 11.4. The fourth-order valence-corrected chi connectivity index (χ4v) is 3.39. The maximum absolute atomic E-state index is 12.1. The van der Waals surface area contributed by atoms with Crippen LogP contribution in [-0.4, -0.2) is 27.1 Å². The number of carbonyl (C=O) groups is 1. The number of amides is 1. The lowest BCUT2D eigenvalue weighted by Gasteiger charge is -2.22. The Balaban J connectivity index is 2.08. The lowest BCUT2D eigenvalue weighted by molar-refractivity contribution is 0.0952. The number of benzene rings is 2. The molecule has 0 saturated carbocycles. The van der Waals surface area contributed by atoms with Crippen LogP contribution in [0, 0.1) is 5.92 Å². The molecule has 140 valence electrons. The standard InChI is InChI=1S/C20H26N2O3S/c1-16(2)13-14-21-20(23)18-11-9-17(10-12-18)15-22(26(3,24)25)19-7-5-4-6-8-19/h4-12,16H,13-15H2,1-3H3,(H,21,23). The molecular weight excluding hydrogens is 348 g/mol. The highest BCUT2D eigenvalue weighted by atomic mass is 32.2. The van der Waals surface area contributed by atoms with E-state index in [1.807, 2.05) is 6.07 Å². The maximum atomic E-state index is 12.1. The second-order valence-corrected chi connectivity index (χ2v) is 8.65. The summed E-state index contributed by atoms with van der Waals surface area (Å²) in [5.41, 5.74) is 2.01. The Hall–Kier alpha value is -2.34. The van der Waals surface area contributed by atoms with Gasteiger partial charge in [0.25, 0.3) is 5.91 Å². The van der Waals surface area contributed by atoms with Crippen molar-refractivity contribution in [3.63, 3.8) is 0 Å². The van der Waals surface area contributed by atoms with Crippen LogP contribution in [-0.2, 0) is 16.6 Å². The molecule has 0 aliphatic rings. The van der Waals surface area contributed by atoms with Crippen molar-refractivity contribution in [1.82, 2.24) is 5.32 Å². The first-order valence-corrected chi connectivity index (χ1v) is 10.5. The second-order valence-electron chi connectivity index (χ2n) is 6.74. The predicted octanol–water partition coefficient (Wildman–Crippen LogP) is 3.43. The zero-order valence-corrected chi connectivity index (χ0v) is 16.3. The molecule has 2 aromatic rings. The van der Waals surface area contributed by atoms with Gasteiger partial charge in [-0.3, -0.25) is 9.10 Å². The molecule has 0 aromatic heterocycles. The predicted molar refractivity (Wildman–Crippen MR) is 106 cm³/mol. The topological polar surface area (TPSA) is 66.5 Å². The molecule has 0 saturated heterocycles. The summed E-state index contributed by atoms with van der Waals surface area (Å²) >= 11 is 0. The van der Waals surface area contributed by atoms with Gasteiger partial charge in [0.1, 0.15) is 0 Å². The van der Waals surface area contributed by atoms with Gasteiger partial charge in [0.15, 0.2) is 0 Å². The fraction of sp³-hybridized carbons (Fsp3) is 0.350. The minimum Gasteiger partial charge on any atom is -0.352 e. The highest BCUT2D eigenvalue weighted by Gasteiger charge is 2.17. The van der Waals surface area contributed by atoms with Crippen LogP contribution in [0.5, 0.6) is 0 Å². The Morgan fingerprint density at radius 3 is 2.19 bits per heavy atom. The molecule has 2 aromatic carbocycles. The van der Waals surface area contributed by atoms with Gasteiger partial charge in [0.2, 0.25) is 10.0 Å². The van der Waals surface area contributed by atoms with Gasteiger partial charge < -0.3 is 5.32 Å². The van der Waals surface area contributed by atoms with Crippen LogP contribution < -0.4 is 9.62 Å². The Bertz CT molecular complexity index is 816. The summed E-state index contributed by atoms with van der Waals surface area (Å²) in [5.74, 6) is 0.429. The van der Waals surface area contributed by atoms with Crippen LogP contribution in [0.3, 0.4) is 0 Å². The number of nitrogens with one attached hydrogen (secondary N) is 1. The van der Waals surface area contributed by atoms with Crippen molar-refractivity contribution in [2.24, 2.45) is 5.92 Å². The molecule has 0 atom stereocenters. The average Bonchev–Trinajstić information content (AvgIpc) is 2.59. The van der Waals surface area contributed by atoms with Crippen molar-refractivity contribution in [3.05, 3.63) is 65.7 Å². The first-order valence-electron chi connectivity index (χ1n) is 8.67. The molecule has 0 fully saturated rings. The van der Waals surface area contributed by atoms with E-state index in [9.17, 15) is 13.2 Å². The number of sulfonamides is 1. The molecule has 0 radical (unpaired) electrons. The fourth-order valence-electron chi connectivity index (χ4n) is 2.50. The summed E-state index contributed by atoms with van der Waals surface area (Å²) < 4.78 is 25.6. The summed E-state index contributed by atoms with van der Waals surface area (Å²) in [4.78, 5) is 12.1. The van der Waals surface area contributed by atoms with Crippen LogP contribution in [0.2, 0.25) is 0 Å². The lowest BCUT2D eigenvalue weighted by atomic mass is 10.1. The van der Waals surface area contributed by atoms with Crippen LogP contribution in [0.25, 0.3) is 0 Å². The summed E-state index contributed by atoms with van der Waals surface area (Å²) in [5, 5.41) is 2.90. The monoisotopic (exact) mass is 374 g/mol. The molecule has 1 N–H and O–H groups in total. The minimum atomic E-state index is -3.41. The largest absolute Gasteiger partial charge is 0.352 e. The van der Waals surface area contributed by atoms with Gasteiger partial charge >= 0.3 is 0 Å². The van der Waals surface area contributed by atoms with Crippen LogP contribution >= 0.6 is 0 Å². The van der Waals surface area contributed by atoms with Gasteiger partial charge in [-0.05, 0) is 42.2 Å². The van der Waals surface area contributed by atoms with Crippen molar-refractivity contribution in [2.45, 2.75) is 26.8 Å². The van der Waals surface area contributed by atoms with Crippen molar-refractivity contribution in [2.75, 3.05) is 17.1 Å². The van der Waals surface area contributed by atoms with E-state index in [4.69, 9.17) is 0 Å². The summed E-state index contributed by atoms with van der Waals surface area (Å²) in [6, 6.07) is 16.0. The highest BCUT2D eigenvalue weighted by Crippen LogP contribution is 2.20. The third-order valence-electron chi connectivity index (χ3n) is 3.99. The summed E-state index contributed by atoms with van der Waals surface area (Å²) in [6.45, 7) is 5.09. The zero-order valence-electron chi connectivity index (χ0n) is 15.5. The van der Waals surface area contributed by atoms with Crippen molar-refractivity contribution >= 4 is 21.6 Å². The Morgan fingerprint density at radius 2 is 1.65 bits per heavy atom. The lowest BCUT2D eigenvalue weighted by Crippen LogP contribution is -2.29. The number of hydrogen-bond donors (Lipinski definition) is 1. The Kier molecular flexibility index (Phi) is 6.80. The SMILES string of the molecule is CC(C)CCNC(=O)c1ccc(CN(c2ccccc2)S(C)(=O)=O)cc1. The molecule has 0 aliphatic heterocycles. The van der Waals surface area contributed by atoms with Gasteiger partial charge in [-0.25, -0.2) is 8.42 Å². The molecular formula is C20H26N2O3S. The quantitative estimate of drug-likeness (QED) is 0.770. The number of anilines is 1. The van der Waals surface area contributed by atoms with Crippen LogP contribution in [0.15, 0.2) is 54.6 Å². The molecule has 26 heavy (non-hydrogen) atoms. The van der Waals surface area contributed by atoms with Gasteiger partial charge in [-0.1, -0.05) is 44.2 Å². The van der Waals surface area contributed by atoms with E-state index in [-0.39, 0.29) is 12.5 Å². The molecule has 0 bridgehead atoms. The van der Waals surface area contributed by atoms with Crippen LogP contribution in [0.1, 0.15) is 36.2 Å². The first kappa shape index (κ1) is 20.0. The molecule has 6 heteroatoms. The molecule has 0 aliphatic carbocycles. The average molecular weight is 375 g/mol. The van der Waals surface area contributed by atoms with E-state index in [0.717, 1.165) is 12.0 Å². The smallest absolute Gasteiger partial charge is 0.251 e. The minimum absolute atomic E-state index is 0.111. The number of carbonyl (C=O) groups excluding carboxylic acids is 1.